The molecule has 9 heteroatoms. The minimum Gasteiger partial charge on any atom is -0.330 e. The van der Waals surface area contributed by atoms with Gasteiger partial charge in [-0.15, -0.1) is 10.2 Å². The van der Waals surface area contributed by atoms with E-state index in [0.29, 0.717) is 14.4 Å². The number of nitro groups is 1. The molecular formula is C17H13N5O2S2. The van der Waals surface area contributed by atoms with Crippen LogP contribution in [0, 0.1) is 35.3 Å². The Balaban J connectivity index is 1.80. The minimum atomic E-state index is -0.521. The number of nitrogens with one attached hydrogen (secondary N) is 1. The Morgan fingerprint density at radius 3 is 2.81 bits per heavy atom. The van der Waals surface area contributed by atoms with Gasteiger partial charge in [0.15, 0.2) is 4.34 Å². The van der Waals surface area contributed by atoms with Crippen LogP contribution in [0.25, 0.3) is 0 Å². The number of nitrogens with zero attached hydrogens (tertiary/aromatic N) is 4. The molecule has 1 N–H and O–H groups in total. The third-order valence-corrected chi connectivity index (χ3v) is 5.71. The molecule has 7 nitrogen and oxygen atoms in total. The maximum Gasteiger partial charge on any atom is 0.270 e. The molecule has 2 aromatic carbocycles. The van der Waals surface area contributed by atoms with E-state index in [1.807, 2.05) is 38.1 Å². The van der Waals surface area contributed by atoms with Crippen LogP contribution < -0.4 is 5.32 Å². The summed E-state index contributed by atoms with van der Waals surface area (Å²) in [5.74, 6) is 0. The van der Waals surface area contributed by atoms with Gasteiger partial charge in [-0.1, -0.05) is 35.2 Å². The largest absolute Gasteiger partial charge is 0.330 e. The fraction of sp³-hybridized carbons (Fsp3) is 0.118. The Kier molecular flexibility index (Phi) is 5.16. The highest BCUT2D eigenvalue weighted by Gasteiger charge is 2.14. The lowest BCUT2D eigenvalue weighted by Crippen LogP contribution is -1.94. The van der Waals surface area contributed by atoms with Crippen molar-refractivity contribution in [2.75, 3.05) is 5.32 Å². The standard InChI is InChI=1S/C17H13N5O2S2/c1-10-4-3-5-14(11(10)2)19-16-20-21-17(26-16)25-15-7-6-13(22(23)24)8-12(15)9-18/h3-8H,1-2H3,(H,19,20). The van der Waals surface area contributed by atoms with Gasteiger partial charge >= 0.3 is 0 Å². The molecule has 0 saturated heterocycles. The Morgan fingerprint density at radius 1 is 1.27 bits per heavy atom. The average molecular weight is 383 g/mol. The van der Waals surface area contributed by atoms with Crippen molar-refractivity contribution in [2.45, 2.75) is 23.1 Å². The van der Waals surface area contributed by atoms with Crippen LogP contribution in [-0.4, -0.2) is 15.1 Å². The monoisotopic (exact) mass is 383 g/mol. The number of nitriles is 1. The third kappa shape index (κ3) is 3.82. The van der Waals surface area contributed by atoms with E-state index in [4.69, 9.17) is 0 Å². The zero-order chi connectivity index (χ0) is 18.7. The molecule has 0 aliphatic carbocycles. The van der Waals surface area contributed by atoms with Crippen molar-refractivity contribution < 1.29 is 4.92 Å². The summed E-state index contributed by atoms with van der Waals surface area (Å²) in [6, 6.07) is 12.2. The molecule has 0 amide bonds. The second-order valence-electron chi connectivity index (χ2n) is 5.40. The first-order chi connectivity index (χ1) is 12.5. The first kappa shape index (κ1) is 17.8. The summed E-state index contributed by atoms with van der Waals surface area (Å²) < 4.78 is 0.642. The molecule has 1 aromatic heterocycles. The number of hydrogen-bond acceptors (Lipinski definition) is 8. The van der Waals surface area contributed by atoms with Crippen LogP contribution in [0.5, 0.6) is 0 Å². The van der Waals surface area contributed by atoms with E-state index >= 15 is 0 Å². The highest BCUT2D eigenvalue weighted by atomic mass is 32.2. The molecule has 3 aromatic rings. The van der Waals surface area contributed by atoms with Crippen LogP contribution in [0.1, 0.15) is 16.7 Å². The number of aromatic nitrogens is 2. The Labute approximate surface area is 157 Å². The molecule has 0 bridgehead atoms. The molecule has 1 heterocycles. The van der Waals surface area contributed by atoms with Crippen LogP contribution in [0.15, 0.2) is 45.6 Å². The van der Waals surface area contributed by atoms with Crippen LogP contribution in [0.4, 0.5) is 16.5 Å². The summed E-state index contributed by atoms with van der Waals surface area (Å²) in [5, 5.41) is 32.2. The predicted octanol–water partition coefficient (Wildman–Crippen LogP) is 4.83. The van der Waals surface area contributed by atoms with E-state index in [2.05, 4.69) is 15.5 Å². The van der Waals surface area contributed by atoms with E-state index in [0.717, 1.165) is 11.3 Å². The zero-order valence-electron chi connectivity index (χ0n) is 13.9. The fourth-order valence-electron chi connectivity index (χ4n) is 2.21. The quantitative estimate of drug-likeness (QED) is 0.497. The molecule has 0 fully saturated rings. The maximum absolute atomic E-state index is 10.8. The smallest absolute Gasteiger partial charge is 0.270 e. The van der Waals surface area contributed by atoms with Gasteiger partial charge in [-0.3, -0.25) is 10.1 Å². The normalized spacial score (nSPS) is 10.3. The van der Waals surface area contributed by atoms with E-state index in [-0.39, 0.29) is 11.3 Å². The first-order valence-corrected chi connectivity index (χ1v) is 9.14. The lowest BCUT2D eigenvalue weighted by molar-refractivity contribution is -0.384. The minimum absolute atomic E-state index is 0.111. The highest BCUT2D eigenvalue weighted by Crippen LogP contribution is 2.36. The maximum atomic E-state index is 10.8. The zero-order valence-corrected chi connectivity index (χ0v) is 15.5. The number of aryl methyl sites for hydroxylation is 1. The molecule has 0 aliphatic rings. The lowest BCUT2D eigenvalue weighted by Gasteiger charge is -2.08. The van der Waals surface area contributed by atoms with Crippen LogP contribution >= 0.6 is 23.1 Å². The van der Waals surface area contributed by atoms with Crippen molar-refractivity contribution >= 4 is 39.6 Å². The van der Waals surface area contributed by atoms with Crippen LogP contribution in [0.2, 0.25) is 0 Å². The molecule has 0 radical (unpaired) electrons. The summed E-state index contributed by atoms with van der Waals surface area (Å²) in [6.07, 6.45) is 0. The van der Waals surface area contributed by atoms with Gasteiger partial charge in [-0.25, -0.2) is 0 Å². The molecule has 0 unspecified atom stereocenters. The predicted molar refractivity (Wildman–Crippen MR) is 101 cm³/mol. The van der Waals surface area contributed by atoms with Crippen molar-refractivity contribution in [2.24, 2.45) is 0 Å². The SMILES string of the molecule is Cc1cccc(Nc2nnc(Sc3ccc([N+](=O)[O-])cc3C#N)s2)c1C. The number of nitro benzene ring substituents is 1. The number of rotatable bonds is 5. The molecular weight excluding hydrogens is 370 g/mol. The number of non-ortho nitro benzene ring substituents is 1. The Morgan fingerprint density at radius 2 is 2.08 bits per heavy atom. The summed E-state index contributed by atoms with van der Waals surface area (Å²) in [5.41, 5.74) is 3.41. The van der Waals surface area contributed by atoms with Crippen molar-refractivity contribution in [3.05, 3.63) is 63.2 Å². The Hall–Kier alpha value is -2.96. The van der Waals surface area contributed by atoms with Gasteiger partial charge in [-0.05, 0) is 37.1 Å². The van der Waals surface area contributed by atoms with Crippen LogP contribution in [-0.2, 0) is 0 Å². The summed E-state index contributed by atoms with van der Waals surface area (Å²) >= 11 is 2.61. The van der Waals surface area contributed by atoms with Crippen molar-refractivity contribution in [1.82, 2.24) is 10.2 Å². The van der Waals surface area contributed by atoms with Gasteiger partial charge in [-0.2, -0.15) is 5.26 Å². The highest BCUT2D eigenvalue weighted by molar-refractivity contribution is 8.01. The molecule has 0 aliphatic heterocycles. The van der Waals surface area contributed by atoms with Gasteiger partial charge in [0.05, 0.1) is 10.5 Å². The van der Waals surface area contributed by atoms with Crippen molar-refractivity contribution in [1.29, 1.82) is 5.26 Å². The van der Waals surface area contributed by atoms with Crippen molar-refractivity contribution in [3.63, 3.8) is 0 Å². The van der Waals surface area contributed by atoms with E-state index in [1.54, 1.807) is 6.07 Å². The third-order valence-electron chi connectivity index (χ3n) is 3.74. The molecule has 130 valence electrons. The topological polar surface area (TPSA) is 105 Å². The molecule has 0 spiro atoms. The second-order valence-corrected chi connectivity index (χ2v) is 7.66. The summed E-state index contributed by atoms with van der Waals surface area (Å²) in [6.45, 7) is 4.07. The van der Waals surface area contributed by atoms with Gasteiger partial charge < -0.3 is 5.32 Å². The number of benzene rings is 2. The first-order valence-electron chi connectivity index (χ1n) is 7.51. The Bertz CT molecular complexity index is 1030. The van der Waals surface area contributed by atoms with Crippen molar-refractivity contribution in [3.8, 4) is 6.07 Å². The van der Waals surface area contributed by atoms with Gasteiger partial charge in [0.25, 0.3) is 5.69 Å². The molecule has 0 saturated carbocycles. The summed E-state index contributed by atoms with van der Waals surface area (Å²) in [4.78, 5) is 10.9. The van der Waals surface area contributed by atoms with Gasteiger partial charge in [0.1, 0.15) is 6.07 Å². The number of anilines is 2. The van der Waals surface area contributed by atoms with E-state index in [9.17, 15) is 15.4 Å². The fourth-order valence-corrected chi connectivity index (χ4v) is 3.99. The summed E-state index contributed by atoms with van der Waals surface area (Å²) in [7, 11) is 0. The van der Waals surface area contributed by atoms with Crippen LogP contribution in [0.3, 0.4) is 0 Å². The number of hydrogen-bond donors (Lipinski definition) is 1. The molecule has 0 atom stereocenters. The second kappa shape index (κ2) is 7.51. The average Bonchev–Trinajstić information content (AvgIpc) is 3.06. The van der Waals surface area contributed by atoms with E-state index < -0.39 is 4.92 Å². The molecule has 3 rings (SSSR count). The van der Waals surface area contributed by atoms with Gasteiger partial charge in [0.2, 0.25) is 5.13 Å². The van der Waals surface area contributed by atoms with Gasteiger partial charge in [0, 0.05) is 22.7 Å². The van der Waals surface area contributed by atoms with E-state index in [1.165, 1.54) is 40.8 Å². The molecule has 26 heavy (non-hydrogen) atoms. The lowest BCUT2D eigenvalue weighted by atomic mass is 10.1.